The number of hydrogen-bond acceptors (Lipinski definition) is 3. The zero-order chi connectivity index (χ0) is 11.8. The first-order valence-corrected chi connectivity index (χ1v) is 5.07. The molecule has 0 spiro atoms. The minimum Gasteiger partial charge on any atom is -0.501 e. The Hall–Kier alpha value is -1.95. The molecule has 0 radical (unpaired) electrons. The second-order valence-corrected chi connectivity index (χ2v) is 3.26. The van der Waals surface area contributed by atoms with Crippen LogP contribution >= 0.6 is 0 Å². The van der Waals surface area contributed by atoms with Crippen molar-refractivity contribution in [3.8, 4) is 11.8 Å². The minimum absolute atomic E-state index is 0.410. The van der Waals surface area contributed by atoms with Crippen LogP contribution in [0, 0.1) is 11.3 Å². The van der Waals surface area contributed by atoms with Gasteiger partial charge < -0.3 is 9.47 Å². The van der Waals surface area contributed by atoms with Gasteiger partial charge in [-0.15, -0.1) is 0 Å². The first-order valence-electron chi connectivity index (χ1n) is 5.07. The van der Waals surface area contributed by atoms with Gasteiger partial charge in [-0.2, -0.15) is 5.26 Å². The summed E-state index contributed by atoms with van der Waals surface area (Å²) >= 11 is 0. The van der Waals surface area contributed by atoms with Gasteiger partial charge in [-0.1, -0.05) is 12.6 Å². The first-order chi connectivity index (χ1) is 7.81. The maximum Gasteiger partial charge on any atom is 0.119 e. The van der Waals surface area contributed by atoms with Crippen molar-refractivity contribution in [1.29, 1.82) is 5.26 Å². The molecule has 3 nitrogen and oxygen atoms in total. The molecule has 0 saturated heterocycles. The molecular weight excluding hydrogens is 202 g/mol. The van der Waals surface area contributed by atoms with E-state index in [4.69, 9.17) is 14.7 Å². The summed E-state index contributed by atoms with van der Waals surface area (Å²) in [6, 6.07) is 7.88. The van der Waals surface area contributed by atoms with Gasteiger partial charge in [-0.05, 0) is 23.3 Å². The van der Waals surface area contributed by atoms with Crippen LogP contribution in [-0.4, -0.2) is 13.7 Å². The van der Waals surface area contributed by atoms with E-state index in [2.05, 4.69) is 12.6 Å². The summed E-state index contributed by atoms with van der Waals surface area (Å²) in [5.41, 5.74) is 2.11. The Morgan fingerprint density at radius 3 is 2.88 bits per heavy atom. The fraction of sp³-hybridized carbons (Fsp3) is 0.308. The monoisotopic (exact) mass is 217 g/mol. The molecule has 0 amide bonds. The largest absolute Gasteiger partial charge is 0.501 e. The summed E-state index contributed by atoms with van der Waals surface area (Å²) in [5.74, 6) is 0.801. The van der Waals surface area contributed by atoms with Gasteiger partial charge in [-0.3, -0.25) is 0 Å². The van der Waals surface area contributed by atoms with Gasteiger partial charge >= 0.3 is 0 Å². The molecule has 0 heterocycles. The average Bonchev–Trinajstić information content (AvgIpc) is 2.31. The second kappa shape index (κ2) is 6.52. The van der Waals surface area contributed by atoms with Crippen molar-refractivity contribution >= 4 is 0 Å². The highest BCUT2D eigenvalue weighted by Crippen LogP contribution is 2.18. The summed E-state index contributed by atoms with van der Waals surface area (Å²) in [4.78, 5) is 0. The number of nitriles is 1. The number of benzene rings is 1. The normalized spacial score (nSPS) is 9.25. The molecule has 1 aromatic rings. The van der Waals surface area contributed by atoms with E-state index in [1.807, 2.05) is 18.2 Å². The van der Waals surface area contributed by atoms with Crippen LogP contribution in [0.4, 0.5) is 0 Å². The van der Waals surface area contributed by atoms with Gasteiger partial charge in [0.2, 0.25) is 0 Å². The molecule has 0 aliphatic carbocycles. The third-order valence-corrected chi connectivity index (χ3v) is 2.29. The molecule has 1 aromatic carbocycles. The molecule has 0 aromatic heterocycles. The van der Waals surface area contributed by atoms with Crippen molar-refractivity contribution in [3.63, 3.8) is 0 Å². The van der Waals surface area contributed by atoms with Crippen LogP contribution in [0.2, 0.25) is 0 Å². The lowest BCUT2D eigenvalue weighted by molar-refractivity contribution is 0.254. The zero-order valence-corrected chi connectivity index (χ0v) is 9.40. The molecule has 0 unspecified atom stereocenters. The molecule has 3 heteroatoms. The van der Waals surface area contributed by atoms with Crippen molar-refractivity contribution in [2.75, 3.05) is 13.7 Å². The van der Waals surface area contributed by atoms with Crippen molar-refractivity contribution < 1.29 is 9.47 Å². The first kappa shape index (κ1) is 12.1. The highest BCUT2D eigenvalue weighted by molar-refractivity contribution is 5.37. The van der Waals surface area contributed by atoms with Crippen molar-refractivity contribution in [2.45, 2.75) is 12.8 Å². The molecular formula is C13H15NO2. The van der Waals surface area contributed by atoms with Crippen LogP contribution < -0.4 is 4.74 Å². The van der Waals surface area contributed by atoms with Gasteiger partial charge in [0.25, 0.3) is 0 Å². The summed E-state index contributed by atoms with van der Waals surface area (Å²) in [7, 11) is 1.63. The molecule has 0 saturated carbocycles. The predicted octanol–water partition coefficient (Wildman–Crippen LogP) is 2.46. The molecule has 0 bridgehead atoms. The summed E-state index contributed by atoms with van der Waals surface area (Å²) in [6.07, 6.45) is 2.58. The van der Waals surface area contributed by atoms with E-state index in [1.165, 1.54) is 6.26 Å². The molecule has 0 aliphatic heterocycles. The van der Waals surface area contributed by atoms with Gasteiger partial charge in [0, 0.05) is 6.42 Å². The predicted molar refractivity (Wildman–Crippen MR) is 62.2 cm³/mol. The van der Waals surface area contributed by atoms with Crippen molar-refractivity contribution in [2.24, 2.45) is 0 Å². The highest BCUT2D eigenvalue weighted by atomic mass is 16.5. The van der Waals surface area contributed by atoms with Gasteiger partial charge in [0.05, 0.1) is 32.5 Å². The van der Waals surface area contributed by atoms with Crippen LogP contribution in [0.1, 0.15) is 11.1 Å². The minimum atomic E-state index is 0.410. The van der Waals surface area contributed by atoms with E-state index >= 15 is 0 Å². The topological polar surface area (TPSA) is 42.2 Å². The second-order valence-electron chi connectivity index (χ2n) is 3.26. The number of rotatable bonds is 6. The summed E-state index contributed by atoms with van der Waals surface area (Å²) in [5, 5.41) is 8.71. The molecule has 0 atom stereocenters. The molecule has 0 aliphatic rings. The number of hydrogen-bond donors (Lipinski definition) is 0. The van der Waals surface area contributed by atoms with Crippen LogP contribution in [0.5, 0.6) is 5.75 Å². The lowest BCUT2D eigenvalue weighted by Gasteiger charge is -2.09. The molecule has 84 valence electrons. The Kier molecular flexibility index (Phi) is 4.94. The van der Waals surface area contributed by atoms with E-state index < -0.39 is 0 Å². The fourth-order valence-corrected chi connectivity index (χ4v) is 1.47. The van der Waals surface area contributed by atoms with E-state index in [1.54, 1.807) is 7.11 Å². The average molecular weight is 217 g/mol. The van der Waals surface area contributed by atoms with E-state index in [0.29, 0.717) is 13.0 Å². The fourth-order valence-electron chi connectivity index (χ4n) is 1.47. The Labute approximate surface area is 95.9 Å². The smallest absolute Gasteiger partial charge is 0.119 e. The molecule has 0 fully saturated rings. The lowest BCUT2D eigenvalue weighted by atomic mass is 10.0. The number of nitrogens with zero attached hydrogens (tertiary/aromatic N) is 1. The standard InChI is InChI=1S/C13H15NO2/c1-3-16-9-7-12-10-13(15-2)5-4-11(12)6-8-14/h3-5,10H,1,6-7,9H2,2H3. The number of ether oxygens (including phenoxy) is 2. The Bertz CT molecular complexity index is 393. The Balaban J connectivity index is 2.82. The third kappa shape index (κ3) is 3.32. The van der Waals surface area contributed by atoms with Crippen molar-refractivity contribution in [1.82, 2.24) is 0 Å². The SMILES string of the molecule is C=COCCc1cc(OC)ccc1CC#N. The Morgan fingerprint density at radius 2 is 2.25 bits per heavy atom. The van der Waals surface area contributed by atoms with Crippen LogP contribution in [-0.2, 0) is 17.6 Å². The molecule has 0 N–H and O–H groups in total. The Morgan fingerprint density at radius 1 is 1.44 bits per heavy atom. The summed E-state index contributed by atoms with van der Waals surface area (Å²) < 4.78 is 10.2. The van der Waals surface area contributed by atoms with E-state index in [9.17, 15) is 0 Å². The number of methoxy groups -OCH3 is 1. The maximum atomic E-state index is 8.71. The quantitative estimate of drug-likeness (QED) is 0.543. The zero-order valence-electron chi connectivity index (χ0n) is 9.40. The molecule has 16 heavy (non-hydrogen) atoms. The van der Waals surface area contributed by atoms with Gasteiger partial charge in [0.1, 0.15) is 5.75 Å². The van der Waals surface area contributed by atoms with E-state index in [-0.39, 0.29) is 0 Å². The lowest BCUT2D eigenvalue weighted by Crippen LogP contribution is -1.99. The van der Waals surface area contributed by atoms with Gasteiger partial charge in [0.15, 0.2) is 0 Å². The van der Waals surface area contributed by atoms with Crippen LogP contribution in [0.15, 0.2) is 31.0 Å². The highest BCUT2D eigenvalue weighted by Gasteiger charge is 2.04. The van der Waals surface area contributed by atoms with Crippen molar-refractivity contribution in [3.05, 3.63) is 42.2 Å². The van der Waals surface area contributed by atoms with E-state index in [0.717, 1.165) is 23.3 Å². The van der Waals surface area contributed by atoms with Crippen LogP contribution in [0.25, 0.3) is 0 Å². The molecule has 1 rings (SSSR count). The van der Waals surface area contributed by atoms with Gasteiger partial charge in [-0.25, -0.2) is 0 Å². The third-order valence-electron chi connectivity index (χ3n) is 2.29. The van der Waals surface area contributed by atoms with Crippen LogP contribution in [0.3, 0.4) is 0 Å². The summed E-state index contributed by atoms with van der Waals surface area (Å²) in [6.45, 7) is 4.05. The maximum absolute atomic E-state index is 8.71.